The first-order valence-corrected chi connectivity index (χ1v) is 8.03. The molecule has 1 rings (SSSR count). The molecule has 0 spiro atoms. The van der Waals surface area contributed by atoms with Crippen molar-refractivity contribution in [2.24, 2.45) is 0 Å². The van der Waals surface area contributed by atoms with Crippen LogP contribution in [-0.2, 0) is 9.05 Å². The van der Waals surface area contributed by atoms with Crippen LogP contribution in [0.5, 0.6) is 0 Å². The second kappa shape index (κ2) is 5.88. The average Bonchev–Trinajstić information content (AvgIpc) is 2.30. The van der Waals surface area contributed by atoms with Crippen molar-refractivity contribution in [3.63, 3.8) is 0 Å². The fourth-order valence-electron chi connectivity index (χ4n) is 1.45. The van der Waals surface area contributed by atoms with Crippen LogP contribution in [0.1, 0.15) is 36.2 Å². The number of hydrogen-bond donors (Lipinski definition) is 1. The number of aryl methyl sites for hydroxylation is 1. The van der Waals surface area contributed by atoms with Gasteiger partial charge in [0.1, 0.15) is 5.82 Å². The molecule has 0 heterocycles. The van der Waals surface area contributed by atoms with E-state index in [4.69, 9.17) is 10.7 Å². The van der Waals surface area contributed by atoms with Crippen LogP contribution >= 0.6 is 10.7 Å². The van der Waals surface area contributed by atoms with Crippen LogP contribution in [0.3, 0.4) is 0 Å². The van der Waals surface area contributed by atoms with E-state index in [-0.39, 0.29) is 22.1 Å². The molecule has 0 bridgehead atoms. The quantitative estimate of drug-likeness (QED) is 0.870. The summed E-state index contributed by atoms with van der Waals surface area (Å²) in [7, 11) is 1.20. The first-order valence-electron chi connectivity index (χ1n) is 5.72. The number of carbonyl (C=O) groups excluding carboxylic acids is 1. The molecule has 0 aliphatic heterocycles. The van der Waals surface area contributed by atoms with Gasteiger partial charge in [-0.2, -0.15) is 0 Å². The number of carbonyl (C=O) groups is 1. The molecule has 19 heavy (non-hydrogen) atoms. The predicted molar refractivity (Wildman–Crippen MR) is 71.4 cm³/mol. The maximum absolute atomic E-state index is 13.9. The summed E-state index contributed by atoms with van der Waals surface area (Å²) < 4.78 is 36.4. The molecule has 0 saturated carbocycles. The van der Waals surface area contributed by atoms with Gasteiger partial charge in [-0.15, -0.1) is 0 Å². The third-order valence-corrected chi connectivity index (χ3v) is 4.08. The first kappa shape index (κ1) is 15.9. The number of nitrogens with one attached hydrogen (secondary N) is 1. The molecule has 0 saturated heterocycles. The first-order chi connectivity index (χ1) is 8.66. The highest BCUT2D eigenvalue weighted by atomic mass is 35.7. The van der Waals surface area contributed by atoms with Crippen molar-refractivity contribution >= 4 is 25.6 Å². The topological polar surface area (TPSA) is 63.2 Å². The Morgan fingerprint density at radius 2 is 2.05 bits per heavy atom. The lowest BCUT2D eigenvalue weighted by Gasteiger charge is -2.13. The number of halogens is 2. The molecule has 0 fully saturated rings. The summed E-state index contributed by atoms with van der Waals surface area (Å²) >= 11 is 0. The van der Waals surface area contributed by atoms with E-state index in [2.05, 4.69) is 5.32 Å². The molecule has 1 aromatic carbocycles. The van der Waals surface area contributed by atoms with Crippen molar-refractivity contribution in [3.05, 3.63) is 29.1 Å². The molecule has 0 aliphatic rings. The normalized spacial score (nSPS) is 13.1. The van der Waals surface area contributed by atoms with E-state index in [0.29, 0.717) is 6.42 Å². The second-order valence-electron chi connectivity index (χ2n) is 4.32. The molecule has 4 nitrogen and oxygen atoms in total. The Morgan fingerprint density at radius 3 is 2.53 bits per heavy atom. The molecule has 0 aliphatic carbocycles. The van der Waals surface area contributed by atoms with Gasteiger partial charge in [0, 0.05) is 16.7 Å². The smallest absolute Gasteiger partial charge is 0.261 e. The Kier molecular flexibility index (Phi) is 4.92. The Labute approximate surface area is 116 Å². The highest BCUT2D eigenvalue weighted by Crippen LogP contribution is 2.22. The van der Waals surface area contributed by atoms with E-state index in [0.717, 1.165) is 12.1 Å². The monoisotopic (exact) mass is 307 g/mol. The summed E-state index contributed by atoms with van der Waals surface area (Å²) in [4.78, 5) is 11.6. The van der Waals surface area contributed by atoms with E-state index in [1.807, 2.05) is 6.92 Å². The van der Waals surface area contributed by atoms with Crippen LogP contribution in [0.25, 0.3) is 0 Å². The zero-order valence-corrected chi connectivity index (χ0v) is 12.4. The third-order valence-electron chi connectivity index (χ3n) is 2.74. The molecule has 1 N–H and O–H groups in total. The van der Waals surface area contributed by atoms with E-state index in [9.17, 15) is 17.6 Å². The SMILES string of the molecule is CCC(C)NC(=O)c1cc(S(=O)(=O)Cl)cc(C)c1F. The molecule has 1 unspecified atom stereocenters. The number of amides is 1. The maximum atomic E-state index is 13.9. The molecule has 0 aromatic heterocycles. The van der Waals surface area contributed by atoms with E-state index in [1.165, 1.54) is 6.92 Å². The largest absolute Gasteiger partial charge is 0.350 e. The van der Waals surface area contributed by atoms with Crippen molar-refractivity contribution in [3.8, 4) is 0 Å². The number of rotatable bonds is 4. The van der Waals surface area contributed by atoms with Crippen molar-refractivity contribution in [1.29, 1.82) is 0 Å². The Morgan fingerprint density at radius 1 is 1.47 bits per heavy atom. The van der Waals surface area contributed by atoms with Gasteiger partial charge in [0.05, 0.1) is 10.5 Å². The summed E-state index contributed by atoms with van der Waals surface area (Å²) in [5.41, 5.74) is -0.268. The van der Waals surface area contributed by atoms with Crippen molar-refractivity contribution < 1.29 is 17.6 Å². The van der Waals surface area contributed by atoms with Crippen LogP contribution < -0.4 is 5.32 Å². The van der Waals surface area contributed by atoms with Gasteiger partial charge in [-0.1, -0.05) is 6.92 Å². The molecular weight excluding hydrogens is 293 g/mol. The van der Waals surface area contributed by atoms with Crippen LogP contribution in [0.4, 0.5) is 4.39 Å². The summed E-state index contributed by atoms with van der Waals surface area (Å²) in [6.07, 6.45) is 0.680. The summed E-state index contributed by atoms with van der Waals surface area (Å²) in [5, 5.41) is 2.58. The Hall–Kier alpha value is -1.14. The fourth-order valence-corrected chi connectivity index (χ4v) is 2.29. The van der Waals surface area contributed by atoms with E-state index >= 15 is 0 Å². The summed E-state index contributed by atoms with van der Waals surface area (Å²) in [6.45, 7) is 5.01. The van der Waals surface area contributed by atoms with Crippen LogP contribution in [0.2, 0.25) is 0 Å². The Balaban J connectivity index is 3.27. The second-order valence-corrected chi connectivity index (χ2v) is 6.89. The molecule has 1 aromatic rings. The lowest BCUT2D eigenvalue weighted by Crippen LogP contribution is -2.32. The Bertz CT molecular complexity index is 601. The molecule has 7 heteroatoms. The third kappa shape index (κ3) is 3.91. The van der Waals surface area contributed by atoms with E-state index in [1.54, 1.807) is 6.92 Å². The zero-order valence-electron chi connectivity index (χ0n) is 10.8. The van der Waals surface area contributed by atoms with Crippen LogP contribution in [0, 0.1) is 12.7 Å². The zero-order chi connectivity index (χ0) is 14.8. The molecule has 0 radical (unpaired) electrons. The fraction of sp³-hybridized carbons (Fsp3) is 0.417. The van der Waals surface area contributed by atoms with Crippen molar-refractivity contribution in [2.75, 3.05) is 0 Å². The minimum absolute atomic E-state index is 0.0519. The minimum Gasteiger partial charge on any atom is -0.350 e. The van der Waals surface area contributed by atoms with Crippen LogP contribution in [-0.4, -0.2) is 20.4 Å². The molecule has 1 atom stereocenters. The van der Waals surface area contributed by atoms with Crippen molar-refractivity contribution in [1.82, 2.24) is 5.32 Å². The van der Waals surface area contributed by atoms with Gasteiger partial charge in [-0.3, -0.25) is 4.79 Å². The maximum Gasteiger partial charge on any atom is 0.261 e. The van der Waals surface area contributed by atoms with Gasteiger partial charge in [0.2, 0.25) is 0 Å². The number of benzene rings is 1. The molecular formula is C12H15ClFNO3S. The highest BCUT2D eigenvalue weighted by molar-refractivity contribution is 8.13. The van der Waals surface area contributed by atoms with E-state index < -0.39 is 20.8 Å². The molecule has 106 valence electrons. The lowest BCUT2D eigenvalue weighted by atomic mass is 10.1. The minimum atomic E-state index is -4.01. The van der Waals surface area contributed by atoms with Gasteiger partial charge in [0.25, 0.3) is 15.0 Å². The number of hydrogen-bond acceptors (Lipinski definition) is 3. The average molecular weight is 308 g/mol. The lowest BCUT2D eigenvalue weighted by molar-refractivity contribution is 0.0934. The molecule has 1 amide bonds. The highest BCUT2D eigenvalue weighted by Gasteiger charge is 2.20. The predicted octanol–water partition coefficient (Wildman–Crippen LogP) is 2.59. The van der Waals surface area contributed by atoms with Crippen LogP contribution in [0.15, 0.2) is 17.0 Å². The van der Waals surface area contributed by atoms with Gasteiger partial charge in [-0.25, -0.2) is 12.8 Å². The standard InChI is InChI=1S/C12H15ClFNO3S/c1-4-8(3)15-12(16)10-6-9(19(13,17)18)5-7(2)11(10)14/h5-6,8H,4H2,1-3H3,(H,15,16). The van der Waals surface area contributed by atoms with Gasteiger partial charge >= 0.3 is 0 Å². The van der Waals surface area contributed by atoms with Gasteiger partial charge < -0.3 is 5.32 Å². The van der Waals surface area contributed by atoms with Gasteiger partial charge in [0.15, 0.2) is 0 Å². The van der Waals surface area contributed by atoms with Crippen molar-refractivity contribution in [2.45, 2.75) is 38.1 Å². The summed E-state index contributed by atoms with van der Waals surface area (Å²) in [5.74, 6) is -1.40. The summed E-state index contributed by atoms with van der Waals surface area (Å²) in [6, 6.07) is 1.91. The van der Waals surface area contributed by atoms with Gasteiger partial charge in [-0.05, 0) is 38.0 Å².